The molecular weight excluding hydrogens is 332 g/mol. The van der Waals surface area contributed by atoms with Gasteiger partial charge in [0.15, 0.2) is 5.75 Å². The predicted molar refractivity (Wildman–Crippen MR) is 85.7 cm³/mol. The Balaban J connectivity index is 2.03. The lowest BCUT2D eigenvalue weighted by Crippen LogP contribution is -2.05. The molecular formula is C16H10BBrFNO. The Morgan fingerprint density at radius 3 is 2.57 bits per heavy atom. The highest BCUT2D eigenvalue weighted by Gasteiger charge is 2.09. The van der Waals surface area contributed by atoms with E-state index in [0.29, 0.717) is 27.3 Å². The summed E-state index contributed by atoms with van der Waals surface area (Å²) in [6, 6.07) is 9.89. The van der Waals surface area contributed by atoms with Gasteiger partial charge in [0.05, 0.1) is 4.47 Å². The van der Waals surface area contributed by atoms with Crippen LogP contribution < -0.4 is 5.46 Å². The monoisotopic (exact) mass is 341 g/mol. The minimum atomic E-state index is -0.255. The van der Waals surface area contributed by atoms with Gasteiger partial charge in [0.1, 0.15) is 19.2 Å². The van der Waals surface area contributed by atoms with Crippen LogP contribution in [0.3, 0.4) is 0 Å². The summed E-state index contributed by atoms with van der Waals surface area (Å²) < 4.78 is 13.4. The zero-order valence-corrected chi connectivity index (χ0v) is 12.6. The van der Waals surface area contributed by atoms with Gasteiger partial charge >= 0.3 is 0 Å². The van der Waals surface area contributed by atoms with E-state index in [4.69, 9.17) is 7.85 Å². The van der Waals surface area contributed by atoms with Gasteiger partial charge in [-0.15, -0.1) is 0 Å². The van der Waals surface area contributed by atoms with Crippen LogP contribution in [-0.2, 0) is 6.42 Å². The quantitative estimate of drug-likeness (QED) is 0.726. The van der Waals surface area contributed by atoms with Crippen molar-refractivity contribution >= 4 is 40.1 Å². The molecule has 0 saturated heterocycles. The minimum Gasteiger partial charge on any atom is -0.505 e. The number of benzene rings is 2. The molecule has 2 radical (unpaired) electrons. The number of halogens is 2. The van der Waals surface area contributed by atoms with Crippen LogP contribution in [-0.4, -0.2) is 17.9 Å². The van der Waals surface area contributed by atoms with E-state index in [2.05, 4.69) is 20.9 Å². The molecule has 2 nitrogen and oxygen atoms in total. The van der Waals surface area contributed by atoms with E-state index in [1.807, 2.05) is 6.07 Å². The predicted octanol–water partition coefficient (Wildman–Crippen LogP) is 3.23. The maximum atomic E-state index is 12.9. The molecule has 0 amide bonds. The Labute approximate surface area is 131 Å². The maximum Gasteiger partial charge on any atom is 0.155 e. The fourth-order valence-corrected chi connectivity index (χ4v) is 2.68. The summed E-state index contributed by atoms with van der Waals surface area (Å²) in [5, 5.41) is 10.7. The highest BCUT2D eigenvalue weighted by atomic mass is 79.9. The van der Waals surface area contributed by atoms with Crippen LogP contribution >= 0.6 is 15.9 Å². The Kier molecular flexibility index (Phi) is 3.68. The number of fused-ring (bicyclic) bond motifs is 1. The van der Waals surface area contributed by atoms with Crippen molar-refractivity contribution in [3.8, 4) is 5.75 Å². The van der Waals surface area contributed by atoms with Crippen LogP contribution in [0.2, 0.25) is 0 Å². The molecule has 3 rings (SSSR count). The molecule has 0 aliphatic heterocycles. The fourth-order valence-electron chi connectivity index (χ4n) is 2.25. The molecule has 0 saturated carbocycles. The second-order valence-electron chi connectivity index (χ2n) is 4.84. The zero-order chi connectivity index (χ0) is 15.0. The average molecular weight is 342 g/mol. The van der Waals surface area contributed by atoms with Gasteiger partial charge in [0, 0.05) is 6.20 Å². The first-order valence-corrected chi connectivity index (χ1v) is 7.14. The molecule has 0 aliphatic carbocycles. The van der Waals surface area contributed by atoms with E-state index in [1.54, 1.807) is 24.4 Å². The highest BCUT2D eigenvalue weighted by molar-refractivity contribution is 9.10. The second kappa shape index (κ2) is 5.49. The Bertz CT molecular complexity index is 821. The highest BCUT2D eigenvalue weighted by Crippen LogP contribution is 2.30. The average Bonchev–Trinajstić information content (AvgIpc) is 2.47. The normalized spacial score (nSPS) is 11.0. The first-order chi connectivity index (χ1) is 10.0. The first-order valence-electron chi connectivity index (χ1n) is 6.34. The summed E-state index contributed by atoms with van der Waals surface area (Å²) in [6.07, 6.45) is 2.32. The van der Waals surface area contributed by atoms with Crippen LogP contribution in [0.4, 0.5) is 4.39 Å². The van der Waals surface area contributed by atoms with Crippen LogP contribution in [0.5, 0.6) is 5.75 Å². The molecule has 0 bridgehead atoms. The van der Waals surface area contributed by atoms with E-state index in [1.165, 1.54) is 12.1 Å². The molecule has 2 aromatic carbocycles. The number of pyridine rings is 1. The Morgan fingerprint density at radius 1 is 1.14 bits per heavy atom. The van der Waals surface area contributed by atoms with E-state index in [-0.39, 0.29) is 11.6 Å². The van der Waals surface area contributed by atoms with Crippen LogP contribution in [0.25, 0.3) is 10.9 Å². The van der Waals surface area contributed by atoms with E-state index in [9.17, 15) is 9.50 Å². The van der Waals surface area contributed by atoms with E-state index < -0.39 is 0 Å². The lowest BCUT2D eigenvalue weighted by Gasteiger charge is -2.09. The summed E-state index contributed by atoms with van der Waals surface area (Å²) >= 11 is 3.24. The fraction of sp³-hybridized carbons (Fsp3) is 0.0625. The number of phenols is 1. The van der Waals surface area contributed by atoms with Gasteiger partial charge in [-0.25, -0.2) is 4.39 Å². The smallest absolute Gasteiger partial charge is 0.155 e. The number of phenolic OH excluding ortho intramolecular Hbond substituents is 1. The second-order valence-corrected chi connectivity index (χ2v) is 5.69. The lowest BCUT2D eigenvalue weighted by atomic mass is 9.90. The molecule has 0 unspecified atom stereocenters. The van der Waals surface area contributed by atoms with Crippen molar-refractivity contribution in [2.24, 2.45) is 0 Å². The van der Waals surface area contributed by atoms with Crippen molar-refractivity contribution in [3.05, 3.63) is 64.0 Å². The minimum absolute atomic E-state index is 0.0764. The summed E-state index contributed by atoms with van der Waals surface area (Å²) in [5.41, 5.74) is 2.94. The van der Waals surface area contributed by atoms with Gasteiger partial charge in [-0.2, -0.15) is 0 Å². The van der Waals surface area contributed by atoms with Crippen molar-refractivity contribution in [2.45, 2.75) is 6.42 Å². The summed E-state index contributed by atoms with van der Waals surface area (Å²) in [6.45, 7) is 0. The number of hydrogen-bond acceptors (Lipinski definition) is 2. The largest absolute Gasteiger partial charge is 0.505 e. The number of aromatic hydroxyl groups is 1. The molecule has 0 spiro atoms. The van der Waals surface area contributed by atoms with Crippen molar-refractivity contribution in [2.75, 3.05) is 0 Å². The third-order valence-electron chi connectivity index (χ3n) is 3.31. The Morgan fingerprint density at radius 2 is 1.86 bits per heavy atom. The molecule has 0 fully saturated rings. The molecule has 0 atom stereocenters. The van der Waals surface area contributed by atoms with Crippen molar-refractivity contribution < 1.29 is 9.50 Å². The SMILES string of the molecule is [B]c1cc(Br)c(O)c2ncc(Cc3ccc(F)cc3)cc12. The number of aromatic nitrogens is 1. The molecule has 21 heavy (non-hydrogen) atoms. The molecule has 3 aromatic rings. The topological polar surface area (TPSA) is 33.1 Å². The van der Waals surface area contributed by atoms with E-state index in [0.717, 1.165) is 11.1 Å². The third kappa shape index (κ3) is 2.79. The van der Waals surface area contributed by atoms with Crippen molar-refractivity contribution in [1.29, 1.82) is 0 Å². The molecule has 1 aromatic heterocycles. The van der Waals surface area contributed by atoms with Crippen LogP contribution in [0, 0.1) is 5.82 Å². The van der Waals surface area contributed by atoms with Gasteiger partial charge in [-0.05, 0) is 57.1 Å². The number of hydrogen-bond donors (Lipinski definition) is 1. The van der Waals surface area contributed by atoms with Gasteiger partial charge in [-0.1, -0.05) is 23.7 Å². The van der Waals surface area contributed by atoms with Crippen LogP contribution in [0.1, 0.15) is 11.1 Å². The van der Waals surface area contributed by atoms with Gasteiger partial charge in [-0.3, -0.25) is 4.98 Å². The van der Waals surface area contributed by atoms with Crippen LogP contribution in [0.15, 0.2) is 47.1 Å². The van der Waals surface area contributed by atoms with E-state index >= 15 is 0 Å². The molecule has 5 heteroatoms. The van der Waals surface area contributed by atoms with Crippen molar-refractivity contribution in [3.63, 3.8) is 0 Å². The summed E-state index contributed by atoms with van der Waals surface area (Å²) in [7, 11) is 5.98. The summed E-state index contributed by atoms with van der Waals surface area (Å²) in [5.74, 6) is -0.179. The van der Waals surface area contributed by atoms with Crippen molar-refractivity contribution in [1.82, 2.24) is 4.98 Å². The summed E-state index contributed by atoms with van der Waals surface area (Å²) in [4.78, 5) is 4.28. The van der Waals surface area contributed by atoms with Gasteiger partial charge in [0.25, 0.3) is 0 Å². The third-order valence-corrected chi connectivity index (χ3v) is 3.91. The zero-order valence-electron chi connectivity index (χ0n) is 11.0. The maximum absolute atomic E-state index is 12.9. The molecule has 1 N–H and O–H groups in total. The molecule has 102 valence electrons. The number of rotatable bonds is 2. The van der Waals surface area contributed by atoms with Gasteiger partial charge in [0.2, 0.25) is 0 Å². The number of nitrogens with zero attached hydrogens (tertiary/aromatic N) is 1. The van der Waals surface area contributed by atoms with Gasteiger partial charge < -0.3 is 5.11 Å². The first kappa shape index (κ1) is 14.1. The Hall–Kier alpha value is -1.88. The molecule has 0 aliphatic rings. The lowest BCUT2D eigenvalue weighted by molar-refractivity contribution is 0.477. The molecule has 1 heterocycles. The standard InChI is InChI=1S/C16H10BBrFNO/c17-13-7-14(18)16(21)15-12(13)6-10(8-20-15)5-9-1-3-11(19)4-2-9/h1-4,6-8,21H,5H2.